The second-order valence-electron chi connectivity index (χ2n) is 6.37. The zero-order valence-corrected chi connectivity index (χ0v) is 13.5. The van der Waals surface area contributed by atoms with Crippen LogP contribution in [0.4, 0.5) is 0 Å². The third-order valence-corrected chi connectivity index (χ3v) is 5.97. The highest BCUT2D eigenvalue weighted by Crippen LogP contribution is 2.55. The van der Waals surface area contributed by atoms with Gasteiger partial charge < -0.3 is 4.74 Å². The fraction of sp³-hybridized carbons (Fsp3) is 0.647. The van der Waals surface area contributed by atoms with Crippen LogP contribution in [0, 0.1) is 12.3 Å². The summed E-state index contributed by atoms with van der Waals surface area (Å²) in [6.45, 7) is 2.05. The van der Waals surface area contributed by atoms with Crippen molar-refractivity contribution < 1.29 is 4.74 Å². The van der Waals surface area contributed by atoms with Crippen LogP contribution < -0.4 is 4.74 Å². The van der Waals surface area contributed by atoms with Gasteiger partial charge in [0.05, 0.1) is 0 Å². The molecule has 20 heavy (non-hydrogen) atoms. The van der Waals surface area contributed by atoms with Crippen molar-refractivity contribution in [3.05, 3.63) is 28.8 Å². The van der Waals surface area contributed by atoms with Gasteiger partial charge in [0.15, 0.2) is 0 Å². The molecule has 1 spiro atoms. The zero-order chi connectivity index (χ0) is 14.2. The first-order chi connectivity index (χ1) is 9.62. The van der Waals surface area contributed by atoms with Crippen LogP contribution in [-0.4, -0.2) is 11.5 Å². The first-order valence-corrected chi connectivity index (χ1v) is 8.50. The summed E-state index contributed by atoms with van der Waals surface area (Å²) < 4.78 is 6.31. The van der Waals surface area contributed by atoms with Crippen LogP contribution in [0.2, 0.25) is 5.02 Å². The van der Waals surface area contributed by atoms with Crippen molar-refractivity contribution in [1.82, 2.24) is 0 Å². The molecule has 0 aliphatic heterocycles. The van der Waals surface area contributed by atoms with E-state index in [1.54, 1.807) is 0 Å². The van der Waals surface area contributed by atoms with Crippen molar-refractivity contribution in [2.45, 2.75) is 63.4 Å². The van der Waals surface area contributed by atoms with Gasteiger partial charge in [-0.3, -0.25) is 0 Å². The highest BCUT2D eigenvalue weighted by molar-refractivity contribution is 6.30. The van der Waals surface area contributed by atoms with Gasteiger partial charge >= 0.3 is 0 Å². The SMILES string of the molecule is Cc1cc(Cl)ccc1OC1CC(Cl)C12CCCCCC2. The molecule has 3 rings (SSSR count). The van der Waals surface area contributed by atoms with Gasteiger partial charge in [-0.15, -0.1) is 11.6 Å². The number of benzene rings is 1. The highest BCUT2D eigenvalue weighted by Gasteiger charge is 2.55. The molecule has 1 aromatic rings. The minimum absolute atomic E-state index is 0.212. The summed E-state index contributed by atoms with van der Waals surface area (Å²) in [5, 5.41) is 1.06. The van der Waals surface area contributed by atoms with E-state index < -0.39 is 0 Å². The minimum atomic E-state index is 0.212. The van der Waals surface area contributed by atoms with Gasteiger partial charge in [0.1, 0.15) is 11.9 Å². The van der Waals surface area contributed by atoms with Gasteiger partial charge in [-0.05, 0) is 43.5 Å². The van der Waals surface area contributed by atoms with Crippen molar-refractivity contribution in [2.75, 3.05) is 0 Å². The lowest BCUT2D eigenvalue weighted by atomic mass is 9.61. The number of halogens is 2. The monoisotopic (exact) mass is 312 g/mol. The Bertz CT molecular complexity index is 478. The Kier molecular flexibility index (Phi) is 4.19. The molecule has 0 radical (unpaired) electrons. The normalized spacial score (nSPS) is 28.8. The Morgan fingerprint density at radius 1 is 1.15 bits per heavy atom. The van der Waals surface area contributed by atoms with E-state index in [0.717, 1.165) is 22.8 Å². The van der Waals surface area contributed by atoms with Gasteiger partial charge in [-0.25, -0.2) is 0 Å². The molecule has 110 valence electrons. The maximum atomic E-state index is 6.58. The van der Waals surface area contributed by atoms with E-state index in [-0.39, 0.29) is 11.5 Å². The fourth-order valence-electron chi connectivity index (χ4n) is 3.78. The second-order valence-corrected chi connectivity index (χ2v) is 7.33. The molecule has 2 aliphatic carbocycles. The molecule has 2 aliphatic rings. The summed E-state index contributed by atoms with van der Waals surface area (Å²) in [5.74, 6) is 0.964. The van der Waals surface area contributed by atoms with E-state index in [4.69, 9.17) is 27.9 Å². The van der Waals surface area contributed by atoms with E-state index in [2.05, 4.69) is 6.92 Å². The smallest absolute Gasteiger partial charge is 0.122 e. The van der Waals surface area contributed by atoms with E-state index >= 15 is 0 Å². The minimum Gasteiger partial charge on any atom is -0.489 e. The third kappa shape index (κ3) is 2.55. The van der Waals surface area contributed by atoms with Crippen LogP contribution in [0.3, 0.4) is 0 Å². The summed E-state index contributed by atoms with van der Waals surface area (Å²) in [5.41, 5.74) is 1.32. The van der Waals surface area contributed by atoms with Crippen LogP contribution in [0.25, 0.3) is 0 Å². The maximum Gasteiger partial charge on any atom is 0.122 e. The van der Waals surface area contributed by atoms with E-state index in [0.29, 0.717) is 5.38 Å². The quantitative estimate of drug-likeness (QED) is 0.632. The summed E-state index contributed by atoms with van der Waals surface area (Å²) >= 11 is 12.6. The molecular weight excluding hydrogens is 291 g/mol. The number of hydrogen-bond acceptors (Lipinski definition) is 1. The Morgan fingerprint density at radius 2 is 1.85 bits per heavy atom. The Labute approximate surface area is 131 Å². The van der Waals surface area contributed by atoms with Crippen LogP contribution in [0.5, 0.6) is 5.75 Å². The van der Waals surface area contributed by atoms with Gasteiger partial charge in [-0.2, -0.15) is 0 Å². The maximum absolute atomic E-state index is 6.58. The first-order valence-electron chi connectivity index (χ1n) is 7.69. The number of aryl methyl sites for hydroxylation is 1. The summed E-state index contributed by atoms with van der Waals surface area (Å²) in [7, 11) is 0. The molecule has 0 aromatic heterocycles. The molecule has 1 nitrogen and oxygen atoms in total. The van der Waals surface area contributed by atoms with Crippen LogP contribution >= 0.6 is 23.2 Å². The van der Waals surface area contributed by atoms with Crippen LogP contribution in [0.1, 0.15) is 50.5 Å². The van der Waals surface area contributed by atoms with Crippen LogP contribution in [0.15, 0.2) is 18.2 Å². The number of ether oxygens (including phenoxy) is 1. The molecule has 1 aromatic carbocycles. The fourth-order valence-corrected chi connectivity index (χ4v) is 4.53. The molecule has 0 saturated heterocycles. The second kappa shape index (κ2) is 5.77. The molecule has 0 bridgehead atoms. The van der Waals surface area contributed by atoms with Gasteiger partial charge in [0.2, 0.25) is 0 Å². The standard InChI is InChI=1S/C17H22Cl2O/c1-12-10-13(18)6-7-14(12)20-16-11-15(19)17(16)8-4-2-3-5-9-17/h6-7,10,15-16H,2-5,8-9,11H2,1H3. The van der Waals surface area contributed by atoms with Crippen molar-refractivity contribution in [1.29, 1.82) is 0 Å². The average Bonchev–Trinajstić information content (AvgIpc) is 2.69. The molecule has 2 fully saturated rings. The number of alkyl halides is 1. The lowest BCUT2D eigenvalue weighted by Gasteiger charge is -2.53. The zero-order valence-electron chi connectivity index (χ0n) is 12.0. The summed E-state index contributed by atoms with van der Waals surface area (Å²) in [6.07, 6.45) is 8.98. The Morgan fingerprint density at radius 3 is 2.45 bits per heavy atom. The topological polar surface area (TPSA) is 9.23 Å². The van der Waals surface area contributed by atoms with Gasteiger partial charge in [0, 0.05) is 22.2 Å². The first kappa shape index (κ1) is 14.5. The highest BCUT2D eigenvalue weighted by atomic mass is 35.5. The molecule has 2 unspecified atom stereocenters. The lowest BCUT2D eigenvalue weighted by Crippen LogP contribution is -2.57. The number of hydrogen-bond donors (Lipinski definition) is 0. The molecule has 0 heterocycles. The predicted octanol–water partition coefficient (Wildman–Crippen LogP) is 5.75. The Balaban J connectivity index is 1.76. The van der Waals surface area contributed by atoms with Crippen molar-refractivity contribution in [3.63, 3.8) is 0 Å². The Hall–Kier alpha value is -0.400. The van der Waals surface area contributed by atoms with Crippen molar-refractivity contribution in [2.24, 2.45) is 5.41 Å². The molecule has 2 atom stereocenters. The van der Waals surface area contributed by atoms with Crippen molar-refractivity contribution >= 4 is 23.2 Å². The van der Waals surface area contributed by atoms with Gasteiger partial charge in [0.25, 0.3) is 0 Å². The molecular formula is C17H22Cl2O. The molecule has 2 saturated carbocycles. The predicted molar refractivity (Wildman–Crippen MR) is 85.0 cm³/mol. The summed E-state index contributed by atoms with van der Waals surface area (Å²) in [6, 6.07) is 5.86. The van der Waals surface area contributed by atoms with E-state index in [1.165, 1.54) is 38.5 Å². The molecule has 0 amide bonds. The van der Waals surface area contributed by atoms with E-state index in [9.17, 15) is 0 Å². The van der Waals surface area contributed by atoms with Crippen LogP contribution in [-0.2, 0) is 0 Å². The average molecular weight is 313 g/mol. The number of rotatable bonds is 2. The third-order valence-electron chi connectivity index (χ3n) is 5.13. The summed E-state index contributed by atoms with van der Waals surface area (Å²) in [4.78, 5) is 0. The van der Waals surface area contributed by atoms with E-state index in [1.807, 2.05) is 18.2 Å². The van der Waals surface area contributed by atoms with Gasteiger partial charge in [-0.1, -0.05) is 37.3 Å². The van der Waals surface area contributed by atoms with Crippen molar-refractivity contribution in [3.8, 4) is 5.75 Å². The molecule has 0 N–H and O–H groups in total. The molecule has 3 heteroatoms. The largest absolute Gasteiger partial charge is 0.489 e. The lowest BCUT2D eigenvalue weighted by molar-refractivity contribution is -0.0515.